The van der Waals surface area contributed by atoms with Crippen molar-refractivity contribution in [2.45, 2.75) is 25.6 Å². The van der Waals surface area contributed by atoms with Gasteiger partial charge in [-0.25, -0.2) is 0 Å². The van der Waals surface area contributed by atoms with Crippen LogP contribution in [-0.2, 0) is 6.18 Å². The maximum atomic E-state index is 13.2. The molecule has 28 heavy (non-hydrogen) atoms. The van der Waals surface area contributed by atoms with Crippen LogP contribution in [0.1, 0.15) is 35.1 Å². The van der Waals surface area contributed by atoms with Crippen LogP contribution in [0, 0.1) is 6.92 Å². The molecule has 7 heteroatoms. The number of halogens is 4. The molecule has 1 aliphatic rings. The van der Waals surface area contributed by atoms with Crippen LogP contribution < -0.4 is 5.01 Å². The molecule has 144 valence electrons. The van der Waals surface area contributed by atoms with Crippen LogP contribution in [-0.4, -0.2) is 5.71 Å². The molecule has 3 aromatic rings. The van der Waals surface area contributed by atoms with E-state index in [9.17, 15) is 13.2 Å². The summed E-state index contributed by atoms with van der Waals surface area (Å²) < 4.78 is 46.2. The highest BCUT2D eigenvalue weighted by Crippen LogP contribution is 2.39. The van der Waals surface area contributed by atoms with Crippen molar-refractivity contribution in [3.05, 3.63) is 87.8 Å². The molecular formula is C21H16BrF3N2O. The summed E-state index contributed by atoms with van der Waals surface area (Å²) >= 11 is 3.41. The van der Waals surface area contributed by atoms with Crippen LogP contribution in [0.15, 0.2) is 74.7 Å². The number of aryl methyl sites for hydroxylation is 1. The summed E-state index contributed by atoms with van der Waals surface area (Å²) in [5, 5.41) is 6.27. The first-order valence-electron chi connectivity index (χ1n) is 8.67. The Morgan fingerprint density at radius 3 is 2.46 bits per heavy atom. The number of benzene rings is 2. The third-order valence-corrected chi connectivity index (χ3v) is 5.16. The second-order valence-corrected chi connectivity index (χ2v) is 7.54. The monoisotopic (exact) mass is 448 g/mol. The third kappa shape index (κ3) is 3.71. The lowest BCUT2D eigenvalue weighted by Gasteiger charge is -2.24. The molecule has 0 saturated carbocycles. The van der Waals surface area contributed by atoms with Crippen LogP contribution in [0.3, 0.4) is 0 Å². The van der Waals surface area contributed by atoms with Gasteiger partial charge in [0, 0.05) is 10.9 Å². The van der Waals surface area contributed by atoms with Gasteiger partial charge in [-0.05, 0) is 55.0 Å². The van der Waals surface area contributed by atoms with Gasteiger partial charge in [0.05, 0.1) is 17.3 Å². The number of alkyl halides is 3. The Balaban J connectivity index is 1.77. The number of furan rings is 1. The molecule has 1 atom stereocenters. The predicted molar refractivity (Wildman–Crippen MR) is 105 cm³/mol. The van der Waals surface area contributed by atoms with Crippen molar-refractivity contribution in [3.8, 4) is 0 Å². The minimum absolute atomic E-state index is 0.225. The van der Waals surface area contributed by atoms with E-state index >= 15 is 0 Å². The number of hydrazone groups is 1. The van der Waals surface area contributed by atoms with Gasteiger partial charge in [-0.3, -0.25) is 5.01 Å². The van der Waals surface area contributed by atoms with Crippen LogP contribution >= 0.6 is 15.9 Å². The van der Waals surface area contributed by atoms with Crippen molar-refractivity contribution in [3.63, 3.8) is 0 Å². The highest BCUT2D eigenvalue weighted by Gasteiger charge is 2.34. The normalized spacial score (nSPS) is 17.1. The largest absolute Gasteiger partial charge is 0.460 e. The summed E-state index contributed by atoms with van der Waals surface area (Å²) in [6, 6.07) is 16.4. The van der Waals surface area contributed by atoms with Crippen LogP contribution in [0.4, 0.5) is 18.9 Å². The predicted octanol–water partition coefficient (Wildman–Crippen LogP) is 6.73. The van der Waals surface area contributed by atoms with Gasteiger partial charge in [-0.1, -0.05) is 34.1 Å². The summed E-state index contributed by atoms with van der Waals surface area (Å²) in [6.45, 7) is 1.84. The van der Waals surface area contributed by atoms with E-state index in [1.165, 1.54) is 6.07 Å². The van der Waals surface area contributed by atoms with Crippen molar-refractivity contribution in [2.75, 3.05) is 5.01 Å². The van der Waals surface area contributed by atoms with E-state index in [4.69, 9.17) is 4.42 Å². The van der Waals surface area contributed by atoms with Gasteiger partial charge in [-0.15, -0.1) is 0 Å². The Morgan fingerprint density at radius 1 is 1.07 bits per heavy atom. The zero-order chi connectivity index (χ0) is 19.9. The second kappa shape index (κ2) is 7.13. The molecule has 2 aromatic carbocycles. The summed E-state index contributed by atoms with van der Waals surface area (Å²) in [6.07, 6.45) is -3.88. The van der Waals surface area contributed by atoms with Gasteiger partial charge < -0.3 is 4.42 Å². The van der Waals surface area contributed by atoms with E-state index in [0.717, 1.165) is 27.9 Å². The molecule has 0 N–H and O–H groups in total. The molecule has 0 bridgehead atoms. The van der Waals surface area contributed by atoms with Gasteiger partial charge in [0.2, 0.25) is 0 Å². The molecule has 0 radical (unpaired) electrons. The van der Waals surface area contributed by atoms with Crippen LogP contribution in [0.2, 0.25) is 0 Å². The Bertz CT molecular complexity index is 1020. The first kappa shape index (κ1) is 18.8. The van der Waals surface area contributed by atoms with Crippen molar-refractivity contribution in [2.24, 2.45) is 5.10 Å². The minimum atomic E-state index is -4.41. The topological polar surface area (TPSA) is 28.7 Å². The fraction of sp³-hybridized carbons (Fsp3) is 0.190. The maximum absolute atomic E-state index is 13.2. The molecule has 2 heterocycles. The summed E-state index contributed by atoms with van der Waals surface area (Å²) in [4.78, 5) is 0. The zero-order valence-corrected chi connectivity index (χ0v) is 16.5. The molecule has 1 aromatic heterocycles. The summed E-state index contributed by atoms with van der Waals surface area (Å²) in [5.41, 5.74) is 1.36. The first-order valence-corrected chi connectivity index (χ1v) is 9.47. The second-order valence-electron chi connectivity index (χ2n) is 6.62. The molecule has 0 amide bonds. The Labute approximate surface area is 168 Å². The lowest BCUT2D eigenvalue weighted by molar-refractivity contribution is -0.137. The lowest BCUT2D eigenvalue weighted by Crippen LogP contribution is -2.19. The molecule has 0 spiro atoms. The Hall–Kier alpha value is -2.54. The molecular weight excluding hydrogens is 433 g/mol. The number of rotatable bonds is 3. The van der Waals surface area contributed by atoms with E-state index in [1.807, 2.05) is 43.3 Å². The molecule has 4 rings (SSSR count). The molecule has 3 nitrogen and oxygen atoms in total. The van der Waals surface area contributed by atoms with Crippen molar-refractivity contribution in [1.29, 1.82) is 0 Å². The highest BCUT2D eigenvalue weighted by atomic mass is 79.9. The average molecular weight is 449 g/mol. The molecule has 0 fully saturated rings. The highest BCUT2D eigenvalue weighted by molar-refractivity contribution is 9.10. The van der Waals surface area contributed by atoms with Crippen molar-refractivity contribution < 1.29 is 17.6 Å². The van der Waals surface area contributed by atoms with E-state index in [-0.39, 0.29) is 6.04 Å². The minimum Gasteiger partial charge on any atom is -0.460 e. The number of anilines is 1. The Morgan fingerprint density at radius 2 is 1.82 bits per heavy atom. The van der Waals surface area contributed by atoms with E-state index < -0.39 is 11.7 Å². The smallest absolute Gasteiger partial charge is 0.416 e. The number of hydrogen-bond acceptors (Lipinski definition) is 3. The third-order valence-electron chi connectivity index (χ3n) is 4.63. The number of hydrogen-bond donors (Lipinski definition) is 0. The van der Waals surface area contributed by atoms with E-state index in [1.54, 1.807) is 11.1 Å². The van der Waals surface area contributed by atoms with Gasteiger partial charge in [0.1, 0.15) is 17.2 Å². The maximum Gasteiger partial charge on any atom is 0.416 e. The van der Waals surface area contributed by atoms with Crippen molar-refractivity contribution in [1.82, 2.24) is 0 Å². The Kier molecular flexibility index (Phi) is 4.79. The van der Waals surface area contributed by atoms with Crippen LogP contribution in [0.25, 0.3) is 0 Å². The van der Waals surface area contributed by atoms with Gasteiger partial charge in [0.15, 0.2) is 0 Å². The molecule has 0 aliphatic carbocycles. The standard InChI is InChI=1S/C21H16BrF3N2O/c1-13-5-10-20(28-13)18-12-19(14-6-8-16(22)9-7-14)27(26-18)17-4-2-3-15(11-17)21(23,24)25/h2-11,19H,12H2,1H3/t19-/m0/s1. The van der Waals surface area contributed by atoms with E-state index in [0.29, 0.717) is 23.6 Å². The fourth-order valence-corrected chi connectivity index (χ4v) is 3.52. The number of nitrogens with zero attached hydrogens (tertiary/aromatic N) is 2. The quantitative estimate of drug-likeness (QED) is 0.444. The van der Waals surface area contributed by atoms with Crippen LogP contribution in [0.5, 0.6) is 0 Å². The SMILES string of the molecule is Cc1ccc(C2=NN(c3cccc(C(F)(F)F)c3)[C@H](c3ccc(Br)cc3)C2)o1. The summed E-state index contributed by atoms with van der Waals surface area (Å²) in [5.74, 6) is 1.39. The molecule has 1 aliphatic heterocycles. The van der Waals surface area contributed by atoms with Gasteiger partial charge in [-0.2, -0.15) is 18.3 Å². The first-order chi connectivity index (χ1) is 13.3. The van der Waals surface area contributed by atoms with Gasteiger partial charge in [0.25, 0.3) is 0 Å². The zero-order valence-electron chi connectivity index (χ0n) is 14.9. The van der Waals surface area contributed by atoms with Crippen molar-refractivity contribution >= 4 is 27.3 Å². The molecule has 0 saturated heterocycles. The summed E-state index contributed by atoms with van der Waals surface area (Å²) in [7, 11) is 0. The van der Waals surface area contributed by atoms with Gasteiger partial charge >= 0.3 is 6.18 Å². The fourth-order valence-electron chi connectivity index (χ4n) is 3.26. The van der Waals surface area contributed by atoms with E-state index in [2.05, 4.69) is 21.0 Å². The lowest BCUT2D eigenvalue weighted by atomic mass is 10.0. The average Bonchev–Trinajstić information content (AvgIpc) is 3.28. The molecule has 0 unspecified atom stereocenters.